The van der Waals surface area contributed by atoms with Crippen molar-refractivity contribution in [2.45, 2.75) is 0 Å². The molecule has 0 amide bonds. The molecule has 0 radical (unpaired) electrons. The number of hydrogen-bond donors (Lipinski definition) is 0. The molecule has 0 aliphatic heterocycles. The van der Waals surface area contributed by atoms with E-state index in [1.807, 2.05) is 36.4 Å². The van der Waals surface area contributed by atoms with E-state index in [4.69, 9.17) is 0 Å². The zero-order valence-corrected chi connectivity index (χ0v) is 28.3. The third-order valence-electron chi connectivity index (χ3n) is 8.71. The second kappa shape index (κ2) is 12.8. The molecule has 45 heavy (non-hydrogen) atoms. The molecule has 216 valence electrons. The zero-order valence-electron chi connectivity index (χ0n) is 27.7. The Morgan fingerprint density at radius 2 is 0.489 bits per heavy atom. The Morgan fingerprint density at radius 3 is 0.689 bits per heavy atom. The van der Waals surface area contributed by atoms with Crippen LogP contribution in [0.15, 0.2) is 205 Å². The summed E-state index contributed by atoms with van der Waals surface area (Å²) in [6.07, 6.45) is 0. The van der Waals surface area contributed by atoms with Crippen LogP contribution >= 0.6 is 15.9 Å². The third-order valence-corrected chi connectivity index (χ3v) is 18.3. The van der Waals surface area contributed by atoms with Crippen LogP contribution in [0.4, 0.5) is 0 Å². The average molecular weight is 677 g/mol. The van der Waals surface area contributed by atoms with E-state index in [0.717, 1.165) is 31.1 Å². The highest BCUT2D eigenvalue weighted by Crippen LogP contribution is 2.17. The first-order chi connectivity index (χ1) is 23.5. The first-order valence-corrected chi connectivity index (χ1v) is 19.9. The van der Waals surface area contributed by atoms with Crippen molar-refractivity contribution < 1.29 is 4.11 Å². The summed E-state index contributed by atoms with van der Waals surface area (Å²) in [5, 5.41) is 7.90. The fraction of sp³-hybridized carbons (Fsp3) is 0. The lowest BCUT2D eigenvalue weighted by atomic mass is 10.3. The quantitative estimate of drug-likeness (QED) is 0.153. The van der Waals surface area contributed by atoms with Crippen LogP contribution in [0.25, 0.3) is 0 Å². The average Bonchev–Trinajstić information content (AvgIpc) is 3.16. The summed E-state index contributed by atoms with van der Waals surface area (Å²) in [4.78, 5) is 0. The largest absolute Gasteiger partial charge is 0.179 e. The van der Waals surface area contributed by atoms with Gasteiger partial charge in [0.15, 0.2) is 16.1 Å². The standard InChI is InChI=1S/C42H33BrSi2/c43-34-31-41(44(35-19-7-1-8-20-35,36-21-9-2-10-22-36)37-23-11-3-12-24-37)33-42(32-34)45(38-25-13-4-14-26-38,39-27-15-5-16-28-39)40-29-17-6-18-30-40/h1-33H/i31D,32D,33D. The van der Waals surface area contributed by atoms with Gasteiger partial charge in [-0.05, 0) is 53.6 Å². The SMILES string of the molecule is [2H]c1c(Br)c([2H])c([Si](c2ccccc2)(c2ccccc2)c2ccccc2)c([2H])c1[Si](c1ccccc1)(c1ccccc1)c1ccccc1. The van der Waals surface area contributed by atoms with E-state index in [1.54, 1.807) is 0 Å². The van der Waals surface area contributed by atoms with E-state index < -0.39 is 16.1 Å². The summed E-state index contributed by atoms with van der Waals surface area (Å²) >= 11 is 3.82. The van der Waals surface area contributed by atoms with Crippen molar-refractivity contribution in [2.24, 2.45) is 0 Å². The Hall–Kier alpha value is -4.55. The molecule has 0 atom stereocenters. The van der Waals surface area contributed by atoms with Gasteiger partial charge in [-0.3, -0.25) is 0 Å². The Labute approximate surface area is 281 Å². The van der Waals surface area contributed by atoms with Crippen LogP contribution in [0.5, 0.6) is 0 Å². The van der Waals surface area contributed by atoms with Crippen molar-refractivity contribution in [3.05, 3.63) is 205 Å². The molecular weight excluding hydrogens is 641 g/mol. The summed E-state index contributed by atoms with van der Waals surface area (Å²) in [7, 11) is -6.65. The van der Waals surface area contributed by atoms with Crippen LogP contribution in [-0.4, -0.2) is 16.1 Å². The highest BCUT2D eigenvalue weighted by molar-refractivity contribution is 9.10. The predicted molar refractivity (Wildman–Crippen MR) is 201 cm³/mol. The predicted octanol–water partition coefficient (Wildman–Crippen LogP) is 5.20. The molecule has 0 spiro atoms. The minimum absolute atomic E-state index is 0.203. The second-order valence-corrected chi connectivity index (χ2v) is 19.4. The first kappa shape index (κ1) is 25.7. The van der Waals surface area contributed by atoms with Crippen molar-refractivity contribution in [2.75, 3.05) is 0 Å². The van der Waals surface area contributed by atoms with E-state index in [1.165, 1.54) is 0 Å². The van der Waals surface area contributed by atoms with Gasteiger partial charge in [-0.2, -0.15) is 0 Å². The summed E-state index contributed by atoms with van der Waals surface area (Å²) < 4.78 is 30.7. The van der Waals surface area contributed by atoms with Gasteiger partial charge >= 0.3 is 0 Å². The normalized spacial score (nSPS) is 12.6. The smallest absolute Gasteiger partial charge is 0.0623 e. The topological polar surface area (TPSA) is 0 Å². The molecule has 0 N–H and O–H groups in total. The monoisotopic (exact) mass is 675 g/mol. The number of benzene rings is 7. The van der Waals surface area contributed by atoms with Gasteiger partial charge in [-0.25, -0.2) is 0 Å². The number of rotatable bonds is 8. The van der Waals surface area contributed by atoms with E-state index in [0.29, 0.717) is 14.8 Å². The number of halogens is 1. The van der Waals surface area contributed by atoms with Crippen LogP contribution in [0.3, 0.4) is 0 Å². The maximum absolute atomic E-state index is 10.5. The fourth-order valence-electron chi connectivity index (χ4n) is 6.81. The van der Waals surface area contributed by atoms with Gasteiger partial charge in [0.05, 0.1) is 4.11 Å². The van der Waals surface area contributed by atoms with Crippen LogP contribution in [0.2, 0.25) is 0 Å². The van der Waals surface area contributed by atoms with Crippen molar-refractivity contribution in [1.82, 2.24) is 0 Å². The maximum Gasteiger partial charge on any atom is 0.179 e. The van der Waals surface area contributed by atoms with Gasteiger partial charge in [-0.1, -0.05) is 204 Å². The minimum Gasteiger partial charge on any atom is -0.0623 e. The lowest BCUT2D eigenvalue weighted by molar-refractivity contribution is 1.64. The van der Waals surface area contributed by atoms with Crippen LogP contribution in [0, 0.1) is 0 Å². The molecule has 7 aromatic rings. The van der Waals surface area contributed by atoms with Gasteiger partial charge in [-0.15, -0.1) is 0 Å². The Balaban J connectivity index is 1.74. The number of hydrogen-bond acceptors (Lipinski definition) is 0. The third kappa shape index (κ3) is 5.17. The summed E-state index contributed by atoms with van der Waals surface area (Å²) in [6.45, 7) is 0. The minimum atomic E-state index is -3.32. The van der Waals surface area contributed by atoms with Gasteiger partial charge in [0, 0.05) is 4.47 Å². The highest BCUT2D eigenvalue weighted by atomic mass is 79.9. The Morgan fingerprint density at radius 1 is 0.289 bits per heavy atom. The van der Waals surface area contributed by atoms with E-state index in [9.17, 15) is 4.11 Å². The van der Waals surface area contributed by atoms with Crippen molar-refractivity contribution in [1.29, 1.82) is 0 Å². The van der Waals surface area contributed by atoms with Crippen molar-refractivity contribution >= 4 is 73.6 Å². The molecule has 0 saturated carbocycles. The molecule has 0 aromatic heterocycles. The van der Waals surface area contributed by atoms with E-state index in [2.05, 4.69) is 162 Å². The second-order valence-electron chi connectivity index (χ2n) is 11.1. The molecule has 7 aromatic carbocycles. The molecule has 0 fully saturated rings. The molecule has 0 aliphatic rings. The summed E-state index contributed by atoms with van der Waals surface area (Å²) in [6, 6.07) is 63.4. The van der Waals surface area contributed by atoms with Gasteiger partial charge in [0.2, 0.25) is 0 Å². The van der Waals surface area contributed by atoms with Crippen LogP contribution in [0.1, 0.15) is 4.11 Å². The van der Waals surface area contributed by atoms with Crippen molar-refractivity contribution in [3.63, 3.8) is 0 Å². The van der Waals surface area contributed by atoms with Crippen molar-refractivity contribution in [3.8, 4) is 0 Å². The van der Waals surface area contributed by atoms with Gasteiger partial charge < -0.3 is 0 Å². The highest BCUT2D eigenvalue weighted by Gasteiger charge is 2.45. The van der Waals surface area contributed by atoms with Gasteiger partial charge in [0.1, 0.15) is 0 Å². The summed E-state index contributed by atoms with van der Waals surface area (Å²) in [5.41, 5.74) is 0. The lowest BCUT2D eigenvalue weighted by Gasteiger charge is -2.38. The zero-order chi connectivity index (χ0) is 33.1. The lowest BCUT2D eigenvalue weighted by Crippen LogP contribution is -2.78. The molecule has 0 unspecified atom stereocenters. The fourth-order valence-corrected chi connectivity index (χ4v) is 16.8. The maximum atomic E-state index is 10.5. The van der Waals surface area contributed by atoms with E-state index in [-0.39, 0.29) is 18.1 Å². The van der Waals surface area contributed by atoms with Crippen LogP contribution in [-0.2, 0) is 0 Å². The van der Waals surface area contributed by atoms with E-state index >= 15 is 0 Å². The molecule has 0 saturated heterocycles. The molecule has 0 bridgehead atoms. The molecule has 0 aliphatic carbocycles. The van der Waals surface area contributed by atoms with Crippen LogP contribution < -0.4 is 41.5 Å². The van der Waals surface area contributed by atoms with Gasteiger partial charge in [0.25, 0.3) is 0 Å². The Bertz CT molecular complexity index is 1800. The molecule has 7 rings (SSSR count). The molecule has 3 heteroatoms. The molecule has 0 nitrogen and oxygen atoms in total. The summed E-state index contributed by atoms with van der Waals surface area (Å²) in [5.74, 6) is 0. The molecular formula is C42H33BrSi2. The molecule has 0 heterocycles. The first-order valence-electron chi connectivity index (χ1n) is 16.7. The Kier molecular flexibility index (Phi) is 7.34.